The van der Waals surface area contributed by atoms with Crippen LogP contribution in [0.4, 0.5) is 0 Å². The van der Waals surface area contributed by atoms with Crippen molar-refractivity contribution in [1.29, 1.82) is 0 Å². The van der Waals surface area contributed by atoms with Gasteiger partial charge < -0.3 is 14.0 Å². The molecule has 1 aliphatic rings. The summed E-state index contributed by atoms with van der Waals surface area (Å²) < 4.78 is 15.6. The van der Waals surface area contributed by atoms with Gasteiger partial charge in [-0.15, -0.1) is 0 Å². The summed E-state index contributed by atoms with van der Waals surface area (Å²) in [6.45, 7) is 6.69. The standard InChI is InChI=1S/C36H34ClN3O4S/c1-5-13-28-32(35(42)44-6-2)33(25-16-9-12-19-30(25)43-4)40-34(41)31(45-36(40)38-28)20-26-22(3)39(29-18-11-8-15-24(26)29)21-23-14-7-10-17-27(23)37/h7-12,14-20,33H,5-6,13,21H2,1-4H3/b31-20+. The molecule has 45 heavy (non-hydrogen) atoms. The van der Waals surface area contributed by atoms with Crippen molar-refractivity contribution in [1.82, 2.24) is 9.13 Å². The van der Waals surface area contributed by atoms with Crippen LogP contribution in [0.2, 0.25) is 5.02 Å². The summed E-state index contributed by atoms with van der Waals surface area (Å²) in [5, 5.41) is 1.74. The van der Waals surface area contributed by atoms with Gasteiger partial charge in [-0.2, -0.15) is 0 Å². The minimum Gasteiger partial charge on any atom is -0.496 e. The Morgan fingerprint density at radius 3 is 2.53 bits per heavy atom. The molecule has 9 heteroatoms. The van der Waals surface area contributed by atoms with Gasteiger partial charge in [0, 0.05) is 39.3 Å². The van der Waals surface area contributed by atoms with Gasteiger partial charge in [-0.25, -0.2) is 9.79 Å². The lowest BCUT2D eigenvalue weighted by molar-refractivity contribution is -0.139. The normalized spacial score (nSPS) is 14.9. The molecule has 0 N–H and O–H groups in total. The molecule has 6 rings (SSSR count). The number of methoxy groups -OCH3 is 1. The van der Waals surface area contributed by atoms with E-state index in [1.807, 2.05) is 73.7 Å². The van der Waals surface area contributed by atoms with Gasteiger partial charge in [0.25, 0.3) is 5.56 Å². The topological polar surface area (TPSA) is 74.8 Å². The van der Waals surface area contributed by atoms with Crippen molar-refractivity contribution >= 4 is 45.9 Å². The van der Waals surface area contributed by atoms with E-state index in [4.69, 9.17) is 26.1 Å². The molecule has 1 atom stereocenters. The van der Waals surface area contributed by atoms with Crippen LogP contribution in [0.3, 0.4) is 0 Å². The molecule has 1 unspecified atom stereocenters. The number of hydrogen-bond donors (Lipinski definition) is 0. The largest absolute Gasteiger partial charge is 0.496 e. The highest BCUT2D eigenvalue weighted by Crippen LogP contribution is 2.37. The van der Waals surface area contributed by atoms with Crippen LogP contribution in [0.5, 0.6) is 5.75 Å². The number of carbonyl (C=O) groups excluding carboxylic acids is 1. The number of halogens is 1. The third-order valence-corrected chi connectivity index (χ3v) is 9.52. The molecule has 0 radical (unpaired) electrons. The molecule has 0 saturated heterocycles. The number of carbonyl (C=O) groups is 1. The molecular weight excluding hydrogens is 606 g/mol. The first kappa shape index (κ1) is 30.6. The van der Waals surface area contributed by atoms with E-state index < -0.39 is 12.0 Å². The summed E-state index contributed by atoms with van der Waals surface area (Å²) in [7, 11) is 1.59. The Kier molecular flexibility index (Phi) is 8.79. The SMILES string of the molecule is CCCC1=C(C(=O)OCC)C(c2ccccc2OC)n2c(s/c(=C/c3c(C)n(Cc4ccccc4Cl)c4ccccc34)c2=O)=N1. The second-order valence-corrected chi connectivity index (χ2v) is 12.3. The van der Waals surface area contributed by atoms with E-state index in [-0.39, 0.29) is 12.2 Å². The first-order chi connectivity index (χ1) is 21.9. The first-order valence-corrected chi connectivity index (χ1v) is 16.2. The van der Waals surface area contributed by atoms with Gasteiger partial charge in [-0.3, -0.25) is 9.36 Å². The predicted octanol–water partition coefficient (Wildman–Crippen LogP) is 6.55. The zero-order valence-corrected chi connectivity index (χ0v) is 27.2. The summed E-state index contributed by atoms with van der Waals surface area (Å²) >= 11 is 7.88. The zero-order valence-electron chi connectivity index (χ0n) is 25.7. The minimum atomic E-state index is -0.747. The van der Waals surface area contributed by atoms with Crippen LogP contribution in [0.1, 0.15) is 55.1 Å². The van der Waals surface area contributed by atoms with E-state index in [0.717, 1.165) is 34.1 Å². The Hall–Kier alpha value is -4.40. The summed E-state index contributed by atoms with van der Waals surface area (Å²) in [4.78, 5) is 33.4. The molecule has 3 aromatic carbocycles. The molecular formula is C36H34ClN3O4S. The number of aromatic nitrogens is 2. The fraction of sp³-hybridized carbons (Fsp3) is 0.250. The van der Waals surface area contributed by atoms with Crippen LogP contribution < -0.4 is 19.6 Å². The summed E-state index contributed by atoms with van der Waals surface area (Å²) in [6, 6.07) is 22.8. The lowest BCUT2D eigenvalue weighted by atomic mass is 9.93. The maximum atomic E-state index is 14.4. The Morgan fingerprint density at radius 2 is 1.78 bits per heavy atom. The average Bonchev–Trinajstić information content (AvgIpc) is 3.50. The van der Waals surface area contributed by atoms with E-state index in [1.54, 1.807) is 18.6 Å². The van der Waals surface area contributed by atoms with Gasteiger partial charge in [-0.1, -0.05) is 90.9 Å². The number of para-hydroxylation sites is 2. The number of ether oxygens (including phenoxy) is 2. The van der Waals surface area contributed by atoms with Crippen molar-refractivity contribution in [3.8, 4) is 5.75 Å². The molecule has 2 aromatic heterocycles. The summed E-state index contributed by atoms with van der Waals surface area (Å²) in [5.74, 6) is 0.100. The zero-order chi connectivity index (χ0) is 31.7. The molecule has 7 nitrogen and oxygen atoms in total. The molecule has 230 valence electrons. The minimum absolute atomic E-state index is 0.211. The summed E-state index contributed by atoms with van der Waals surface area (Å²) in [6.07, 6.45) is 3.30. The van der Waals surface area contributed by atoms with E-state index in [2.05, 4.69) is 23.6 Å². The highest BCUT2D eigenvalue weighted by Gasteiger charge is 2.36. The van der Waals surface area contributed by atoms with Crippen molar-refractivity contribution < 1.29 is 14.3 Å². The van der Waals surface area contributed by atoms with Gasteiger partial charge >= 0.3 is 5.97 Å². The highest BCUT2D eigenvalue weighted by molar-refractivity contribution is 7.07. The molecule has 0 spiro atoms. The van der Waals surface area contributed by atoms with Gasteiger partial charge in [-0.05, 0) is 50.1 Å². The Labute approximate surface area is 270 Å². The van der Waals surface area contributed by atoms with Crippen LogP contribution in [0, 0.1) is 6.92 Å². The van der Waals surface area contributed by atoms with Gasteiger partial charge in [0.1, 0.15) is 11.8 Å². The predicted molar refractivity (Wildman–Crippen MR) is 180 cm³/mol. The monoisotopic (exact) mass is 639 g/mol. The van der Waals surface area contributed by atoms with Crippen LogP contribution in [-0.4, -0.2) is 28.8 Å². The van der Waals surface area contributed by atoms with Crippen LogP contribution in [0.15, 0.2) is 93.9 Å². The molecule has 0 amide bonds. The molecule has 1 aliphatic heterocycles. The number of thiazole rings is 1. The number of esters is 1. The maximum Gasteiger partial charge on any atom is 0.338 e. The highest BCUT2D eigenvalue weighted by atomic mass is 35.5. The Bertz CT molecular complexity index is 2140. The lowest BCUT2D eigenvalue weighted by Gasteiger charge is -2.26. The van der Waals surface area contributed by atoms with Gasteiger partial charge in [0.2, 0.25) is 0 Å². The molecule has 3 heterocycles. The number of nitrogens with zero attached hydrogens (tertiary/aromatic N) is 3. The third kappa shape index (κ3) is 5.53. The fourth-order valence-electron chi connectivity index (χ4n) is 6.08. The first-order valence-electron chi connectivity index (χ1n) is 15.0. The van der Waals surface area contributed by atoms with Crippen LogP contribution >= 0.6 is 22.9 Å². The van der Waals surface area contributed by atoms with Gasteiger partial charge in [0.15, 0.2) is 4.80 Å². The van der Waals surface area contributed by atoms with Crippen molar-refractivity contribution in [2.45, 2.75) is 46.2 Å². The Morgan fingerprint density at radius 1 is 1.04 bits per heavy atom. The van der Waals surface area contributed by atoms with E-state index in [0.29, 0.717) is 49.9 Å². The van der Waals surface area contributed by atoms with Crippen LogP contribution in [0.25, 0.3) is 17.0 Å². The summed E-state index contributed by atoms with van der Waals surface area (Å²) in [5.41, 5.74) is 5.51. The van der Waals surface area contributed by atoms with Gasteiger partial charge in [0.05, 0.1) is 29.5 Å². The number of allylic oxidation sites excluding steroid dienone is 1. The number of benzene rings is 3. The van der Waals surface area contributed by atoms with Crippen molar-refractivity contribution in [3.63, 3.8) is 0 Å². The average molecular weight is 640 g/mol. The van der Waals surface area contributed by atoms with Crippen LogP contribution in [-0.2, 0) is 16.1 Å². The number of fused-ring (bicyclic) bond motifs is 2. The molecule has 0 bridgehead atoms. The fourth-order valence-corrected chi connectivity index (χ4v) is 7.28. The van der Waals surface area contributed by atoms with Crippen molar-refractivity contribution in [2.24, 2.45) is 4.99 Å². The quantitative estimate of drug-likeness (QED) is 0.171. The molecule has 5 aromatic rings. The maximum absolute atomic E-state index is 14.4. The molecule has 0 saturated carbocycles. The lowest BCUT2D eigenvalue weighted by Crippen LogP contribution is -2.40. The van der Waals surface area contributed by atoms with E-state index in [9.17, 15) is 9.59 Å². The van der Waals surface area contributed by atoms with E-state index >= 15 is 0 Å². The Balaban J connectivity index is 1.59. The third-order valence-electron chi connectivity index (χ3n) is 8.17. The molecule has 0 aliphatic carbocycles. The smallest absolute Gasteiger partial charge is 0.338 e. The second-order valence-electron chi connectivity index (χ2n) is 10.8. The molecule has 0 fully saturated rings. The number of rotatable bonds is 9. The number of hydrogen-bond acceptors (Lipinski definition) is 6. The van der Waals surface area contributed by atoms with E-state index in [1.165, 1.54) is 11.3 Å². The van der Waals surface area contributed by atoms with Crippen molar-refractivity contribution in [3.05, 3.63) is 131 Å². The second kappa shape index (κ2) is 12.9. The van der Waals surface area contributed by atoms with Crippen molar-refractivity contribution in [2.75, 3.05) is 13.7 Å².